The lowest BCUT2D eigenvalue weighted by Gasteiger charge is -2.11. The topological polar surface area (TPSA) is 9.23 Å². The Kier molecular flexibility index (Phi) is 8.98. The first kappa shape index (κ1) is 16.6. The quantitative estimate of drug-likeness (QED) is 0.363. The number of rotatable bonds is 10. The fourth-order valence-corrected chi connectivity index (χ4v) is 2.84. The maximum absolute atomic E-state index is 5.46. The average Bonchev–Trinajstić information content (AvgIpc) is 2.43. The Morgan fingerprint density at radius 1 is 0.947 bits per heavy atom. The predicted molar refractivity (Wildman–Crippen MR) is 87.3 cm³/mol. The second kappa shape index (κ2) is 10.3. The molecule has 0 fully saturated rings. The number of unbranched alkanes of at least 4 members (excludes halogenated alkanes) is 5. The molecule has 1 aromatic rings. The molecular weight excluding hydrogens is 300 g/mol. The normalized spacial score (nSPS) is 12.4. The molecule has 0 aliphatic heterocycles. The zero-order valence-electron chi connectivity index (χ0n) is 12.3. The van der Waals surface area contributed by atoms with Gasteiger partial charge in [0.05, 0.1) is 6.61 Å². The first-order chi connectivity index (χ1) is 9.27. The van der Waals surface area contributed by atoms with Gasteiger partial charge in [-0.25, -0.2) is 0 Å². The lowest BCUT2D eigenvalue weighted by Crippen LogP contribution is -1.93. The molecular formula is C17H27BrO. The largest absolute Gasteiger partial charge is 0.494 e. The Balaban J connectivity index is 2.23. The van der Waals surface area contributed by atoms with Gasteiger partial charge in [0, 0.05) is 4.83 Å². The number of hydrogen-bond donors (Lipinski definition) is 0. The van der Waals surface area contributed by atoms with Crippen LogP contribution in [0.5, 0.6) is 5.75 Å². The van der Waals surface area contributed by atoms with Crippen LogP contribution >= 0.6 is 15.9 Å². The van der Waals surface area contributed by atoms with Gasteiger partial charge in [-0.05, 0) is 31.0 Å². The van der Waals surface area contributed by atoms with Crippen LogP contribution in [0, 0.1) is 0 Å². The van der Waals surface area contributed by atoms with Crippen molar-refractivity contribution < 1.29 is 4.74 Å². The van der Waals surface area contributed by atoms with Crippen LogP contribution in [0.4, 0.5) is 0 Å². The smallest absolute Gasteiger partial charge is 0.119 e. The van der Waals surface area contributed by atoms with Crippen LogP contribution < -0.4 is 4.74 Å². The standard InChI is InChI=1S/C17H27BrO/c1-3-5-6-7-8-9-10-17(18)15-11-13-16(14-12-15)19-4-2/h11-14,17H,3-10H2,1-2H3. The van der Waals surface area contributed by atoms with Gasteiger partial charge < -0.3 is 4.74 Å². The van der Waals surface area contributed by atoms with Crippen molar-refractivity contribution >= 4 is 15.9 Å². The van der Waals surface area contributed by atoms with Gasteiger partial charge in [0.1, 0.15) is 5.75 Å². The second-order valence-corrected chi connectivity index (χ2v) is 6.13. The van der Waals surface area contributed by atoms with Gasteiger partial charge in [-0.3, -0.25) is 0 Å². The summed E-state index contributed by atoms with van der Waals surface area (Å²) in [5.41, 5.74) is 1.36. The number of halogens is 1. The Labute approximate surface area is 126 Å². The zero-order chi connectivity index (χ0) is 13.9. The van der Waals surface area contributed by atoms with E-state index in [1.165, 1.54) is 50.5 Å². The Hall–Kier alpha value is -0.500. The van der Waals surface area contributed by atoms with Crippen molar-refractivity contribution in [1.82, 2.24) is 0 Å². The van der Waals surface area contributed by atoms with E-state index >= 15 is 0 Å². The molecule has 0 N–H and O–H groups in total. The van der Waals surface area contributed by atoms with Crippen LogP contribution in [0.15, 0.2) is 24.3 Å². The van der Waals surface area contributed by atoms with Crippen LogP contribution in [0.2, 0.25) is 0 Å². The van der Waals surface area contributed by atoms with Crippen molar-refractivity contribution in [2.24, 2.45) is 0 Å². The van der Waals surface area contributed by atoms with Crippen LogP contribution in [-0.2, 0) is 0 Å². The molecule has 2 heteroatoms. The van der Waals surface area contributed by atoms with Crippen molar-refractivity contribution in [2.45, 2.75) is 63.6 Å². The summed E-state index contributed by atoms with van der Waals surface area (Å²) in [5.74, 6) is 0.963. The Bertz CT molecular complexity index is 321. The van der Waals surface area contributed by atoms with Crippen molar-refractivity contribution in [3.63, 3.8) is 0 Å². The zero-order valence-corrected chi connectivity index (χ0v) is 13.9. The molecule has 108 valence electrons. The maximum Gasteiger partial charge on any atom is 0.119 e. The first-order valence-electron chi connectivity index (χ1n) is 7.64. The highest BCUT2D eigenvalue weighted by Crippen LogP contribution is 2.30. The van der Waals surface area contributed by atoms with Gasteiger partial charge in [-0.1, -0.05) is 73.5 Å². The van der Waals surface area contributed by atoms with Crippen LogP contribution in [0.1, 0.15) is 69.2 Å². The molecule has 0 heterocycles. The molecule has 0 bridgehead atoms. The van der Waals surface area contributed by atoms with Gasteiger partial charge in [-0.2, -0.15) is 0 Å². The lowest BCUT2D eigenvalue weighted by atomic mass is 10.0. The third-order valence-electron chi connectivity index (χ3n) is 3.36. The number of benzene rings is 1. The highest BCUT2D eigenvalue weighted by atomic mass is 79.9. The molecule has 1 rings (SSSR count). The van der Waals surface area contributed by atoms with Gasteiger partial charge >= 0.3 is 0 Å². The average molecular weight is 327 g/mol. The van der Waals surface area contributed by atoms with E-state index in [-0.39, 0.29) is 0 Å². The number of alkyl halides is 1. The van der Waals surface area contributed by atoms with Crippen molar-refractivity contribution in [3.8, 4) is 5.75 Å². The molecule has 19 heavy (non-hydrogen) atoms. The summed E-state index contributed by atoms with van der Waals surface area (Å²) >= 11 is 3.79. The molecule has 1 unspecified atom stereocenters. The summed E-state index contributed by atoms with van der Waals surface area (Å²) in [4.78, 5) is 0.481. The van der Waals surface area contributed by atoms with E-state index in [9.17, 15) is 0 Å². The minimum atomic E-state index is 0.481. The predicted octanol–water partition coefficient (Wildman–Crippen LogP) is 6.27. The van der Waals surface area contributed by atoms with E-state index in [1.54, 1.807) is 0 Å². The molecule has 0 aromatic heterocycles. The fraction of sp³-hybridized carbons (Fsp3) is 0.647. The third kappa shape index (κ3) is 7.00. The van der Waals surface area contributed by atoms with Gasteiger partial charge in [0.2, 0.25) is 0 Å². The molecule has 0 aliphatic rings. The van der Waals surface area contributed by atoms with E-state index in [1.807, 2.05) is 6.92 Å². The monoisotopic (exact) mass is 326 g/mol. The fourth-order valence-electron chi connectivity index (χ4n) is 2.21. The Morgan fingerprint density at radius 2 is 1.58 bits per heavy atom. The molecule has 0 radical (unpaired) electrons. The molecule has 0 spiro atoms. The first-order valence-corrected chi connectivity index (χ1v) is 8.56. The third-order valence-corrected chi connectivity index (χ3v) is 4.35. The van der Waals surface area contributed by atoms with Crippen molar-refractivity contribution in [1.29, 1.82) is 0 Å². The summed E-state index contributed by atoms with van der Waals surface area (Å²) < 4.78 is 5.46. The number of hydrogen-bond acceptors (Lipinski definition) is 1. The highest BCUT2D eigenvalue weighted by Gasteiger charge is 2.07. The SMILES string of the molecule is CCCCCCCCC(Br)c1ccc(OCC)cc1. The molecule has 1 nitrogen and oxygen atoms in total. The molecule has 1 aromatic carbocycles. The van der Waals surface area contributed by atoms with E-state index < -0.39 is 0 Å². The van der Waals surface area contributed by atoms with Crippen molar-refractivity contribution in [2.75, 3.05) is 6.61 Å². The van der Waals surface area contributed by atoms with Crippen LogP contribution in [0.25, 0.3) is 0 Å². The van der Waals surface area contributed by atoms with Gasteiger partial charge in [0.15, 0.2) is 0 Å². The van der Waals surface area contributed by atoms with E-state index in [0.29, 0.717) is 4.83 Å². The summed E-state index contributed by atoms with van der Waals surface area (Å²) in [7, 11) is 0. The lowest BCUT2D eigenvalue weighted by molar-refractivity contribution is 0.340. The molecule has 0 amide bonds. The number of ether oxygens (including phenoxy) is 1. The van der Waals surface area contributed by atoms with Gasteiger partial charge in [-0.15, -0.1) is 0 Å². The van der Waals surface area contributed by atoms with E-state index in [4.69, 9.17) is 4.74 Å². The molecule has 0 aliphatic carbocycles. The molecule has 1 atom stereocenters. The summed E-state index contributed by atoms with van der Waals surface area (Å²) in [6.07, 6.45) is 9.39. The maximum atomic E-state index is 5.46. The minimum Gasteiger partial charge on any atom is -0.494 e. The molecule has 0 saturated carbocycles. The molecule has 0 saturated heterocycles. The summed E-state index contributed by atoms with van der Waals surface area (Å²) in [5, 5.41) is 0. The van der Waals surface area contributed by atoms with Crippen LogP contribution in [0.3, 0.4) is 0 Å². The van der Waals surface area contributed by atoms with Crippen LogP contribution in [-0.4, -0.2) is 6.61 Å². The summed E-state index contributed by atoms with van der Waals surface area (Å²) in [6.45, 7) is 5.01. The minimum absolute atomic E-state index is 0.481. The Morgan fingerprint density at radius 3 is 2.21 bits per heavy atom. The summed E-state index contributed by atoms with van der Waals surface area (Å²) in [6, 6.07) is 8.46. The highest BCUT2D eigenvalue weighted by molar-refractivity contribution is 9.09. The van der Waals surface area contributed by atoms with E-state index in [2.05, 4.69) is 47.1 Å². The second-order valence-electron chi connectivity index (χ2n) is 5.03. The van der Waals surface area contributed by atoms with Crippen molar-refractivity contribution in [3.05, 3.63) is 29.8 Å². The van der Waals surface area contributed by atoms with Gasteiger partial charge in [0.25, 0.3) is 0 Å². The van der Waals surface area contributed by atoms with E-state index in [0.717, 1.165) is 12.4 Å².